The topological polar surface area (TPSA) is 75.6 Å². The van der Waals surface area contributed by atoms with Crippen LogP contribution in [0.2, 0.25) is 0 Å². The lowest BCUT2D eigenvalue weighted by Crippen LogP contribution is -2.09. The minimum absolute atomic E-state index is 0.619. The highest BCUT2D eigenvalue weighted by atomic mass is 15.1. The summed E-state index contributed by atoms with van der Waals surface area (Å²) in [6.07, 6.45) is 5.89. The Labute approximate surface area is 112 Å². The van der Waals surface area contributed by atoms with Crippen LogP contribution in [0.1, 0.15) is 24.6 Å². The molecule has 0 bridgehead atoms. The maximum Gasteiger partial charge on any atom is 0.134 e. The molecule has 0 spiro atoms. The van der Waals surface area contributed by atoms with Gasteiger partial charge in [-0.25, -0.2) is 19.9 Å². The third-order valence-corrected chi connectivity index (χ3v) is 2.71. The number of hydrogen-bond acceptors (Lipinski definition) is 6. The van der Waals surface area contributed by atoms with E-state index in [1.807, 2.05) is 13.0 Å². The third kappa shape index (κ3) is 3.61. The first kappa shape index (κ1) is 13.2. The van der Waals surface area contributed by atoms with Gasteiger partial charge < -0.3 is 10.6 Å². The van der Waals surface area contributed by atoms with E-state index in [1.54, 1.807) is 12.5 Å². The lowest BCUT2D eigenvalue weighted by molar-refractivity contribution is 0.952. The van der Waals surface area contributed by atoms with E-state index >= 15 is 0 Å². The largest absolute Gasteiger partial charge is 0.370 e. The summed E-state index contributed by atoms with van der Waals surface area (Å²) in [5, 5.41) is 6.55. The highest BCUT2D eigenvalue weighted by molar-refractivity contribution is 5.56. The molecule has 2 N–H and O–H groups in total. The fourth-order valence-electron chi connectivity index (χ4n) is 1.65. The lowest BCUT2D eigenvalue weighted by atomic mass is 10.3. The molecule has 6 nitrogen and oxygen atoms in total. The van der Waals surface area contributed by atoms with Gasteiger partial charge in [-0.2, -0.15) is 0 Å². The van der Waals surface area contributed by atoms with Crippen LogP contribution in [0, 0.1) is 6.92 Å². The number of nitrogens with one attached hydrogen (secondary N) is 2. The first-order valence-electron chi connectivity index (χ1n) is 6.35. The van der Waals surface area contributed by atoms with Gasteiger partial charge in [0.05, 0.1) is 12.2 Å². The van der Waals surface area contributed by atoms with E-state index in [0.29, 0.717) is 6.54 Å². The first-order valence-corrected chi connectivity index (χ1v) is 6.35. The summed E-state index contributed by atoms with van der Waals surface area (Å²) < 4.78 is 0. The monoisotopic (exact) mass is 258 g/mol. The summed E-state index contributed by atoms with van der Waals surface area (Å²) in [5.41, 5.74) is 1.95. The maximum atomic E-state index is 4.26. The van der Waals surface area contributed by atoms with Crippen LogP contribution in [0.5, 0.6) is 0 Å². The van der Waals surface area contributed by atoms with Gasteiger partial charge in [0, 0.05) is 18.3 Å². The second-order valence-corrected chi connectivity index (χ2v) is 4.18. The molecule has 0 amide bonds. The molecule has 0 radical (unpaired) electrons. The summed E-state index contributed by atoms with van der Waals surface area (Å²) in [6.45, 7) is 5.65. The number of anilines is 2. The Morgan fingerprint density at radius 1 is 1.05 bits per heavy atom. The molecular formula is C13H18N6. The number of aromatic nitrogens is 4. The average molecular weight is 258 g/mol. The molecule has 0 aliphatic heterocycles. The molecule has 0 aliphatic carbocycles. The van der Waals surface area contributed by atoms with Crippen LogP contribution in [0.4, 0.5) is 11.6 Å². The first-order chi connectivity index (χ1) is 9.31. The van der Waals surface area contributed by atoms with Crippen molar-refractivity contribution in [1.82, 2.24) is 19.9 Å². The van der Waals surface area contributed by atoms with Gasteiger partial charge in [0.25, 0.3) is 0 Å². The van der Waals surface area contributed by atoms with Crippen LogP contribution in [0.25, 0.3) is 0 Å². The van der Waals surface area contributed by atoms with Crippen LogP contribution in [0.3, 0.4) is 0 Å². The van der Waals surface area contributed by atoms with E-state index in [4.69, 9.17) is 0 Å². The summed E-state index contributed by atoms with van der Waals surface area (Å²) in [6, 6.07) is 1.87. The van der Waals surface area contributed by atoms with E-state index in [0.717, 1.165) is 35.9 Å². The van der Waals surface area contributed by atoms with Gasteiger partial charge in [-0.3, -0.25) is 0 Å². The van der Waals surface area contributed by atoms with E-state index in [2.05, 4.69) is 37.5 Å². The van der Waals surface area contributed by atoms with Gasteiger partial charge in [0.15, 0.2) is 0 Å². The normalized spacial score (nSPS) is 10.2. The van der Waals surface area contributed by atoms with Crippen LogP contribution >= 0.6 is 0 Å². The maximum absolute atomic E-state index is 4.26. The van der Waals surface area contributed by atoms with E-state index < -0.39 is 0 Å². The van der Waals surface area contributed by atoms with Crippen molar-refractivity contribution >= 4 is 11.6 Å². The number of rotatable bonds is 6. The van der Waals surface area contributed by atoms with Gasteiger partial charge in [-0.05, 0) is 19.4 Å². The van der Waals surface area contributed by atoms with E-state index in [9.17, 15) is 0 Å². The molecule has 2 aromatic rings. The Morgan fingerprint density at radius 3 is 2.53 bits per heavy atom. The second-order valence-electron chi connectivity index (χ2n) is 4.18. The van der Waals surface area contributed by atoms with Crippen molar-refractivity contribution in [2.45, 2.75) is 26.8 Å². The zero-order chi connectivity index (χ0) is 13.5. The molecule has 0 unspecified atom stereocenters. The molecule has 0 fully saturated rings. The standard InChI is InChI=1S/C13H18N6/c1-3-5-15-12-10(2)13(19-9-18-12)16-7-11-4-6-14-8-17-11/h4,6,8-9H,3,5,7H2,1-2H3,(H2,15,16,18,19). The summed E-state index contributed by atoms with van der Waals surface area (Å²) in [7, 11) is 0. The molecule has 0 saturated heterocycles. The van der Waals surface area contributed by atoms with Crippen LogP contribution in [0.15, 0.2) is 24.9 Å². The average Bonchev–Trinajstić information content (AvgIpc) is 2.46. The molecule has 0 saturated carbocycles. The predicted molar refractivity (Wildman–Crippen MR) is 74.9 cm³/mol. The Bertz CT molecular complexity index is 514. The van der Waals surface area contributed by atoms with Crippen LogP contribution in [-0.2, 0) is 6.54 Å². The third-order valence-electron chi connectivity index (χ3n) is 2.71. The van der Waals surface area contributed by atoms with Gasteiger partial charge in [-0.15, -0.1) is 0 Å². The predicted octanol–water partition coefficient (Wildman–Crippen LogP) is 2.01. The highest BCUT2D eigenvalue weighted by Crippen LogP contribution is 2.18. The molecule has 6 heteroatoms. The Hall–Kier alpha value is -2.24. The quantitative estimate of drug-likeness (QED) is 0.825. The van der Waals surface area contributed by atoms with Crippen molar-refractivity contribution in [3.05, 3.63) is 36.2 Å². The minimum atomic E-state index is 0.619. The van der Waals surface area contributed by atoms with Crippen molar-refractivity contribution in [3.63, 3.8) is 0 Å². The lowest BCUT2D eigenvalue weighted by Gasteiger charge is -2.12. The molecule has 2 aromatic heterocycles. The van der Waals surface area contributed by atoms with Crippen molar-refractivity contribution in [2.75, 3.05) is 17.2 Å². The SMILES string of the molecule is CCCNc1ncnc(NCc2ccncn2)c1C. The molecule has 19 heavy (non-hydrogen) atoms. The zero-order valence-corrected chi connectivity index (χ0v) is 11.2. The van der Waals surface area contributed by atoms with Crippen LogP contribution < -0.4 is 10.6 Å². The molecule has 0 aromatic carbocycles. The molecule has 0 atom stereocenters. The van der Waals surface area contributed by atoms with Crippen molar-refractivity contribution in [3.8, 4) is 0 Å². The van der Waals surface area contributed by atoms with Crippen molar-refractivity contribution in [1.29, 1.82) is 0 Å². The number of hydrogen-bond donors (Lipinski definition) is 2. The Morgan fingerprint density at radius 2 is 1.84 bits per heavy atom. The van der Waals surface area contributed by atoms with Crippen LogP contribution in [-0.4, -0.2) is 26.5 Å². The van der Waals surface area contributed by atoms with E-state index in [1.165, 1.54) is 6.33 Å². The Kier molecular flexibility index (Phi) is 4.60. The molecule has 2 heterocycles. The van der Waals surface area contributed by atoms with E-state index in [-0.39, 0.29) is 0 Å². The fourth-order valence-corrected chi connectivity index (χ4v) is 1.65. The van der Waals surface area contributed by atoms with Gasteiger partial charge in [0.1, 0.15) is 24.3 Å². The summed E-state index contributed by atoms with van der Waals surface area (Å²) in [4.78, 5) is 16.6. The minimum Gasteiger partial charge on any atom is -0.370 e. The Balaban J connectivity index is 2.04. The summed E-state index contributed by atoms with van der Waals surface area (Å²) >= 11 is 0. The number of nitrogens with zero attached hydrogens (tertiary/aromatic N) is 4. The zero-order valence-electron chi connectivity index (χ0n) is 11.2. The van der Waals surface area contributed by atoms with Gasteiger partial charge in [-0.1, -0.05) is 6.92 Å². The second kappa shape index (κ2) is 6.63. The highest BCUT2D eigenvalue weighted by Gasteiger charge is 2.06. The van der Waals surface area contributed by atoms with Gasteiger partial charge in [0.2, 0.25) is 0 Å². The molecule has 100 valence electrons. The summed E-state index contributed by atoms with van der Waals surface area (Å²) in [5.74, 6) is 1.70. The fraction of sp³-hybridized carbons (Fsp3) is 0.385. The smallest absolute Gasteiger partial charge is 0.134 e. The molecular weight excluding hydrogens is 240 g/mol. The van der Waals surface area contributed by atoms with Crippen molar-refractivity contribution in [2.24, 2.45) is 0 Å². The van der Waals surface area contributed by atoms with Crippen molar-refractivity contribution < 1.29 is 0 Å². The molecule has 2 rings (SSSR count). The van der Waals surface area contributed by atoms with Gasteiger partial charge >= 0.3 is 0 Å². The molecule has 0 aliphatic rings.